The fourth-order valence-electron chi connectivity index (χ4n) is 2.56. The number of hydrogen-bond donors (Lipinski definition) is 0. The number of thiazole rings is 1. The average Bonchev–Trinajstić information content (AvgIpc) is 3.18. The molecule has 0 saturated carbocycles. The highest BCUT2D eigenvalue weighted by Crippen LogP contribution is 2.23. The van der Waals surface area contributed by atoms with E-state index in [9.17, 15) is 0 Å². The van der Waals surface area contributed by atoms with Crippen LogP contribution in [0.2, 0.25) is 0 Å². The van der Waals surface area contributed by atoms with Gasteiger partial charge in [-0.05, 0) is 42.7 Å². The lowest BCUT2D eigenvalue weighted by molar-refractivity contribution is 0.249. The van der Waals surface area contributed by atoms with Crippen molar-refractivity contribution in [1.82, 2.24) is 14.9 Å². The summed E-state index contributed by atoms with van der Waals surface area (Å²) in [6.07, 6.45) is 3.73. The molecule has 0 radical (unpaired) electrons. The lowest BCUT2D eigenvalue weighted by Crippen LogP contribution is -2.22. The quantitative estimate of drug-likeness (QED) is 0.579. The molecule has 0 saturated heterocycles. The molecule has 0 aliphatic rings. The van der Waals surface area contributed by atoms with Gasteiger partial charge in [0, 0.05) is 40.6 Å². The lowest BCUT2D eigenvalue weighted by Gasteiger charge is -2.20. The van der Waals surface area contributed by atoms with Crippen molar-refractivity contribution < 1.29 is 0 Å². The molecule has 0 atom stereocenters. The smallest absolute Gasteiger partial charge is 0.107 e. The van der Waals surface area contributed by atoms with E-state index < -0.39 is 0 Å². The molecule has 0 aliphatic carbocycles. The summed E-state index contributed by atoms with van der Waals surface area (Å²) >= 11 is 3.65. The number of pyridine rings is 1. The van der Waals surface area contributed by atoms with E-state index in [0.29, 0.717) is 5.92 Å². The third-order valence-electron chi connectivity index (χ3n) is 3.85. The highest BCUT2D eigenvalue weighted by Gasteiger charge is 2.13. The zero-order valence-electron chi connectivity index (χ0n) is 14.4. The van der Waals surface area contributed by atoms with Gasteiger partial charge in [-0.25, -0.2) is 4.98 Å². The van der Waals surface area contributed by atoms with Gasteiger partial charge < -0.3 is 0 Å². The molecule has 24 heavy (non-hydrogen) atoms. The fraction of sp³-hybridized carbons (Fsp3) is 0.368. The van der Waals surface area contributed by atoms with Crippen LogP contribution in [0.3, 0.4) is 0 Å². The lowest BCUT2D eigenvalue weighted by atomic mass is 10.2. The van der Waals surface area contributed by atoms with Crippen LogP contribution in [0.25, 0.3) is 0 Å². The fourth-order valence-corrected chi connectivity index (χ4v) is 4.49. The molecule has 3 heterocycles. The summed E-state index contributed by atoms with van der Waals surface area (Å²) in [5, 5.41) is 3.39. The van der Waals surface area contributed by atoms with Crippen LogP contribution in [0.1, 0.15) is 45.8 Å². The first-order valence-corrected chi connectivity index (χ1v) is 9.90. The number of hydrogen-bond acceptors (Lipinski definition) is 5. The van der Waals surface area contributed by atoms with Gasteiger partial charge in [-0.15, -0.1) is 22.7 Å². The van der Waals surface area contributed by atoms with E-state index in [0.717, 1.165) is 19.6 Å². The van der Waals surface area contributed by atoms with Crippen molar-refractivity contribution in [2.24, 2.45) is 0 Å². The van der Waals surface area contributed by atoms with Crippen molar-refractivity contribution in [1.29, 1.82) is 0 Å². The summed E-state index contributed by atoms with van der Waals surface area (Å²) in [5.74, 6) is 0.489. The normalized spacial score (nSPS) is 11.5. The van der Waals surface area contributed by atoms with Gasteiger partial charge in [0.25, 0.3) is 0 Å². The number of nitrogens with zero attached hydrogens (tertiary/aromatic N) is 3. The molecule has 0 bridgehead atoms. The first-order chi connectivity index (χ1) is 11.6. The van der Waals surface area contributed by atoms with Crippen molar-refractivity contribution in [2.45, 2.75) is 46.3 Å². The van der Waals surface area contributed by atoms with Crippen LogP contribution in [-0.2, 0) is 19.6 Å². The van der Waals surface area contributed by atoms with Gasteiger partial charge in [-0.1, -0.05) is 13.8 Å². The van der Waals surface area contributed by atoms with E-state index in [1.54, 1.807) is 11.3 Å². The van der Waals surface area contributed by atoms with Crippen LogP contribution in [0.5, 0.6) is 0 Å². The maximum absolute atomic E-state index is 4.81. The van der Waals surface area contributed by atoms with E-state index in [4.69, 9.17) is 4.98 Å². The zero-order valence-corrected chi connectivity index (χ0v) is 16.0. The van der Waals surface area contributed by atoms with E-state index in [2.05, 4.69) is 60.3 Å². The summed E-state index contributed by atoms with van der Waals surface area (Å²) in [7, 11) is 0. The average molecular weight is 358 g/mol. The van der Waals surface area contributed by atoms with Crippen LogP contribution >= 0.6 is 22.7 Å². The summed E-state index contributed by atoms with van der Waals surface area (Å²) < 4.78 is 0. The number of rotatable bonds is 7. The summed E-state index contributed by atoms with van der Waals surface area (Å²) in [6.45, 7) is 9.31. The molecule has 3 aromatic heterocycles. The molecule has 0 unspecified atom stereocenters. The Morgan fingerprint density at radius 3 is 2.46 bits per heavy atom. The molecule has 0 amide bonds. The van der Waals surface area contributed by atoms with E-state index >= 15 is 0 Å². The monoisotopic (exact) mass is 357 g/mol. The third-order valence-corrected chi connectivity index (χ3v) is 5.69. The molecule has 3 aromatic rings. The Morgan fingerprint density at radius 1 is 1.04 bits per heavy atom. The van der Waals surface area contributed by atoms with Crippen LogP contribution in [0, 0.1) is 6.92 Å². The van der Waals surface area contributed by atoms with Crippen LogP contribution < -0.4 is 0 Å². The second kappa shape index (κ2) is 8.01. The summed E-state index contributed by atoms with van der Waals surface area (Å²) in [6, 6.07) is 8.62. The second-order valence-electron chi connectivity index (χ2n) is 6.33. The topological polar surface area (TPSA) is 29.0 Å². The number of thiophene rings is 1. The highest BCUT2D eigenvalue weighted by molar-refractivity contribution is 7.11. The highest BCUT2D eigenvalue weighted by atomic mass is 32.1. The second-order valence-corrected chi connectivity index (χ2v) is 8.65. The van der Waals surface area contributed by atoms with Crippen molar-refractivity contribution in [3.63, 3.8) is 0 Å². The molecule has 3 rings (SSSR count). The standard InChI is InChI=1S/C19H23N3S2/c1-14(2)18-13-23-19(21-18)12-22(10-16-6-8-20-9-7-16)11-17-5-4-15(3)24-17/h4-9,13-14H,10-12H2,1-3H3. The maximum atomic E-state index is 4.81. The van der Waals surface area contributed by atoms with Gasteiger partial charge in [0.05, 0.1) is 12.2 Å². The number of aromatic nitrogens is 2. The minimum absolute atomic E-state index is 0.489. The predicted molar refractivity (Wildman–Crippen MR) is 102 cm³/mol. The SMILES string of the molecule is Cc1ccc(CN(Cc2ccncc2)Cc2nc(C(C)C)cs2)s1. The van der Waals surface area contributed by atoms with Gasteiger partial charge >= 0.3 is 0 Å². The van der Waals surface area contributed by atoms with Crippen molar-refractivity contribution in [3.05, 3.63) is 68.1 Å². The molecule has 5 heteroatoms. The minimum atomic E-state index is 0.489. The van der Waals surface area contributed by atoms with Crippen LogP contribution in [-0.4, -0.2) is 14.9 Å². The Morgan fingerprint density at radius 2 is 1.83 bits per heavy atom. The Hall–Kier alpha value is -1.56. The van der Waals surface area contributed by atoms with Gasteiger partial charge in [0.15, 0.2) is 0 Å². The Labute approximate surface area is 152 Å². The molecular formula is C19H23N3S2. The largest absolute Gasteiger partial charge is 0.287 e. The van der Waals surface area contributed by atoms with Gasteiger partial charge in [0.1, 0.15) is 5.01 Å². The maximum Gasteiger partial charge on any atom is 0.107 e. The minimum Gasteiger partial charge on any atom is -0.287 e. The summed E-state index contributed by atoms with van der Waals surface area (Å²) in [4.78, 5) is 14.2. The molecule has 0 fully saturated rings. The first-order valence-electron chi connectivity index (χ1n) is 8.21. The molecule has 0 aromatic carbocycles. The Balaban J connectivity index is 1.75. The molecule has 0 N–H and O–H groups in total. The van der Waals surface area contributed by atoms with E-state index in [1.165, 1.54) is 26.0 Å². The van der Waals surface area contributed by atoms with E-state index in [1.807, 2.05) is 23.7 Å². The molecule has 3 nitrogen and oxygen atoms in total. The van der Waals surface area contributed by atoms with Crippen LogP contribution in [0.4, 0.5) is 0 Å². The van der Waals surface area contributed by atoms with Gasteiger partial charge in [0.2, 0.25) is 0 Å². The molecule has 0 aliphatic heterocycles. The Bertz CT molecular complexity index is 762. The third kappa shape index (κ3) is 4.72. The van der Waals surface area contributed by atoms with E-state index in [-0.39, 0.29) is 0 Å². The van der Waals surface area contributed by atoms with Crippen molar-refractivity contribution >= 4 is 22.7 Å². The van der Waals surface area contributed by atoms with Gasteiger partial charge in [-0.3, -0.25) is 9.88 Å². The van der Waals surface area contributed by atoms with Crippen LogP contribution in [0.15, 0.2) is 42.0 Å². The van der Waals surface area contributed by atoms with Gasteiger partial charge in [-0.2, -0.15) is 0 Å². The number of aryl methyl sites for hydroxylation is 1. The summed E-state index contributed by atoms with van der Waals surface area (Å²) in [5.41, 5.74) is 2.49. The molecule has 126 valence electrons. The van der Waals surface area contributed by atoms with Crippen molar-refractivity contribution in [2.75, 3.05) is 0 Å². The zero-order chi connectivity index (χ0) is 16.9. The Kier molecular flexibility index (Phi) is 5.76. The predicted octanol–water partition coefficient (Wildman–Crippen LogP) is 5.23. The van der Waals surface area contributed by atoms with Crippen molar-refractivity contribution in [3.8, 4) is 0 Å². The first kappa shape index (κ1) is 17.3. The molecular weight excluding hydrogens is 334 g/mol. The molecule has 0 spiro atoms.